The van der Waals surface area contributed by atoms with E-state index in [4.69, 9.17) is 15.3 Å². The van der Waals surface area contributed by atoms with Crippen LogP contribution in [-0.4, -0.2) is 57.7 Å². The molecule has 0 amide bonds. The summed E-state index contributed by atoms with van der Waals surface area (Å²) < 4.78 is 1.21. The number of aliphatic hydroxyl groups excluding tert-OH is 3. The smallest absolute Gasteiger partial charge is 0.0402 e. The van der Waals surface area contributed by atoms with Crippen molar-refractivity contribution in [2.45, 2.75) is 25.2 Å². The summed E-state index contributed by atoms with van der Waals surface area (Å²) in [6, 6.07) is 0. The molecular formula is C9H24O3Sn. The molecule has 0 aliphatic heterocycles. The maximum Gasteiger partial charge on any atom is 0.0402 e. The molecule has 0 aromatic heterocycles. The van der Waals surface area contributed by atoms with Crippen LogP contribution >= 0.6 is 0 Å². The molecular weight excluding hydrogens is 275 g/mol. The Balaban J connectivity index is -0.0000000420. The van der Waals surface area contributed by atoms with Gasteiger partial charge in [0.15, 0.2) is 0 Å². The second kappa shape index (κ2) is 55.1. The van der Waals surface area contributed by atoms with Crippen LogP contribution in [0.1, 0.15) is 20.8 Å². The summed E-state index contributed by atoms with van der Waals surface area (Å²) in [4.78, 5) is 0. The Kier molecular flexibility index (Phi) is 99.0. The minimum absolute atomic E-state index is 0.250. The first-order valence-electron chi connectivity index (χ1n) is 4.29. The topological polar surface area (TPSA) is 60.7 Å². The van der Waals surface area contributed by atoms with Crippen LogP contribution in [0.15, 0.2) is 12.7 Å². The van der Waals surface area contributed by atoms with Crippen molar-refractivity contribution in [3.05, 3.63) is 12.7 Å². The van der Waals surface area contributed by atoms with Gasteiger partial charge in [-0.2, -0.15) is 0 Å². The molecule has 82 valence electrons. The normalized spacial score (nSPS) is 6.08. The number of hydrogen-bond acceptors (Lipinski definition) is 3. The monoisotopic (exact) mass is 300 g/mol. The third-order valence-corrected chi connectivity index (χ3v) is 1.12. The predicted octanol–water partition coefficient (Wildman–Crippen LogP) is 0.487. The zero-order valence-electron chi connectivity index (χ0n) is 9.03. The van der Waals surface area contributed by atoms with Gasteiger partial charge in [0, 0.05) is 19.8 Å². The zero-order chi connectivity index (χ0) is 11.5. The predicted molar refractivity (Wildman–Crippen MR) is 60.4 cm³/mol. The molecule has 13 heavy (non-hydrogen) atoms. The average Bonchev–Trinajstić information content (AvgIpc) is 2.08. The van der Waals surface area contributed by atoms with Crippen LogP contribution in [0.5, 0.6) is 0 Å². The van der Waals surface area contributed by atoms with E-state index in [0.717, 1.165) is 0 Å². The van der Waals surface area contributed by atoms with Crippen molar-refractivity contribution in [2.75, 3.05) is 19.8 Å². The summed E-state index contributed by atoms with van der Waals surface area (Å²) in [5.41, 5.74) is 0. The van der Waals surface area contributed by atoms with E-state index in [1.807, 2.05) is 6.08 Å². The van der Waals surface area contributed by atoms with E-state index in [9.17, 15) is 0 Å². The number of allylic oxidation sites excluding steroid dienone is 1. The van der Waals surface area contributed by atoms with E-state index in [-0.39, 0.29) is 19.8 Å². The van der Waals surface area contributed by atoms with Gasteiger partial charge in [-0.25, -0.2) is 0 Å². The van der Waals surface area contributed by atoms with Gasteiger partial charge in [-0.15, -0.1) is 0 Å². The molecule has 2 radical (unpaired) electrons. The van der Waals surface area contributed by atoms with Gasteiger partial charge in [0.05, 0.1) is 0 Å². The first kappa shape index (κ1) is 23.3. The van der Waals surface area contributed by atoms with E-state index in [0.29, 0.717) is 0 Å². The minimum Gasteiger partial charge on any atom is -0.397 e. The summed E-state index contributed by atoms with van der Waals surface area (Å²) in [6.07, 6.45) is 1.93. The maximum atomic E-state index is 7.57. The minimum atomic E-state index is 0.250. The van der Waals surface area contributed by atoms with Gasteiger partial charge in [0.25, 0.3) is 0 Å². The molecule has 0 aliphatic rings. The van der Waals surface area contributed by atoms with E-state index in [2.05, 4.69) is 6.58 Å². The van der Waals surface area contributed by atoms with Gasteiger partial charge in [0.1, 0.15) is 0 Å². The molecule has 0 saturated heterocycles. The summed E-state index contributed by atoms with van der Waals surface area (Å²) >= 11 is 1.32. The summed E-state index contributed by atoms with van der Waals surface area (Å²) in [5.74, 6) is 0. The molecule has 4 heteroatoms. The van der Waals surface area contributed by atoms with Crippen LogP contribution < -0.4 is 0 Å². The zero-order valence-corrected chi connectivity index (χ0v) is 12.3. The fraction of sp³-hybridized carbons (Fsp3) is 0.778. The Bertz CT molecular complexity index is 47.4. The Labute approximate surface area is 95.6 Å². The fourth-order valence-corrected chi connectivity index (χ4v) is 0. The molecule has 0 spiro atoms. The van der Waals surface area contributed by atoms with Crippen LogP contribution in [0, 0.1) is 0 Å². The van der Waals surface area contributed by atoms with Crippen molar-refractivity contribution in [1.29, 1.82) is 0 Å². The van der Waals surface area contributed by atoms with Crippen LogP contribution in [0.2, 0.25) is 4.44 Å². The van der Waals surface area contributed by atoms with Crippen LogP contribution in [0.3, 0.4) is 0 Å². The van der Waals surface area contributed by atoms with E-state index in [1.54, 1.807) is 20.8 Å². The largest absolute Gasteiger partial charge is 0.397 e. The maximum absolute atomic E-state index is 7.57. The molecule has 0 fully saturated rings. The van der Waals surface area contributed by atoms with Crippen molar-refractivity contribution in [3.8, 4) is 0 Å². The van der Waals surface area contributed by atoms with Gasteiger partial charge < -0.3 is 15.3 Å². The summed E-state index contributed by atoms with van der Waals surface area (Å²) in [5, 5.41) is 22.7. The third kappa shape index (κ3) is 670. The number of hydrogen-bond donors (Lipinski definition) is 3. The second-order valence-electron chi connectivity index (χ2n) is 1.47. The van der Waals surface area contributed by atoms with E-state index >= 15 is 0 Å². The molecule has 0 atom stereocenters. The van der Waals surface area contributed by atoms with E-state index in [1.165, 1.54) is 27.0 Å². The molecule has 0 saturated carbocycles. The van der Waals surface area contributed by atoms with E-state index < -0.39 is 0 Å². The summed E-state index contributed by atoms with van der Waals surface area (Å²) in [6.45, 7) is 9.30. The first-order valence-corrected chi connectivity index (χ1v) is 6.63. The van der Waals surface area contributed by atoms with Gasteiger partial charge in [0.2, 0.25) is 0 Å². The van der Waals surface area contributed by atoms with Gasteiger partial charge >= 0.3 is 39.6 Å². The molecule has 0 heterocycles. The molecule has 0 rings (SSSR count). The SMILES string of the molecule is C=C[CH2][SnH].CCO.CCO.CCO. The number of aliphatic hydroxyl groups is 3. The van der Waals surface area contributed by atoms with Crippen molar-refractivity contribution >= 4 is 22.5 Å². The molecule has 3 nitrogen and oxygen atoms in total. The Morgan fingerprint density at radius 2 is 1.08 bits per heavy atom. The summed E-state index contributed by atoms with van der Waals surface area (Å²) in [7, 11) is 0. The van der Waals surface area contributed by atoms with Crippen molar-refractivity contribution in [2.24, 2.45) is 0 Å². The second-order valence-corrected chi connectivity index (χ2v) is 2.82. The molecule has 0 unspecified atom stereocenters. The molecule has 0 aromatic carbocycles. The average molecular weight is 299 g/mol. The van der Waals surface area contributed by atoms with Crippen LogP contribution in [0.25, 0.3) is 0 Å². The Morgan fingerprint density at radius 1 is 1.00 bits per heavy atom. The molecule has 0 aliphatic carbocycles. The Morgan fingerprint density at radius 3 is 1.08 bits per heavy atom. The Hall–Kier alpha value is 0.419. The van der Waals surface area contributed by atoms with Gasteiger partial charge in [-0.3, -0.25) is 0 Å². The van der Waals surface area contributed by atoms with Crippen LogP contribution in [0.4, 0.5) is 0 Å². The van der Waals surface area contributed by atoms with Gasteiger partial charge in [-0.1, -0.05) is 0 Å². The third-order valence-electron chi connectivity index (χ3n) is 0.167. The van der Waals surface area contributed by atoms with Crippen molar-refractivity contribution in [1.82, 2.24) is 0 Å². The molecule has 3 N–H and O–H groups in total. The number of rotatable bonds is 1. The molecule has 0 aromatic rings. The quantitative estimate of drug-likeness (QED) is 0.488. The van der Waals surface area contributed by atoms with Gasteiger partial charge in [-0.05, 0) is 20.8 Å². The fourth-order valence-electron chi connectivity index (χ4n) is 0. The first-order chi connectivity index (χ1) is 6.16. The van der Waals surface area contributed by atoms with Crippen LogP contribution in [-0.2, 0) is 0 Å². The van der Waals surface area contributed by atoms with Crippen molar-refractivity contribution < 1.29 is 15.3 Å². The molecule has 0 bridgehead atoms. The standard InChI is InChI=1S/C3H5.3C2H6O.Sn.H/c1-3-2;3*1-2-3;;/h3H,1-2H2;3*3H,2H2,1H3;;. The van der Waals surface area contributed by atoms with Crippen molar-refractivity contribution in [3.63, 3.8) is 0 Å².